The van der Waals surface area contributed by atoms with E-state index in [1.165, 1.54) is 0 Å². The van der Waals surface area contributed by atoms with Crippen LogP contribution >= 0.6 is 0 Å². The van der Waals surface area contributed by atoms with Gasteiger partial charge >= 0.3 is 0 Å². The average molecular weight is 277 g/mol. The van der Waals surface area contributed by atoms with Crippen molar-refractivity contribution in [1.82, 2.24) is 4.98 Å². The number of rotatable bonds is 3. The Hall–Kier alpha value is -2.75. The summed E-state index contributed by atoms with van der Waals surface area (Å²) in [5.41, 5.74) is 3.38. The molecule has 1 N–H and O–H groups in total. The van der Waals surface area contributed by atoms with Crippen LogP contribution in [0.25, 0.3) is 10.9 Å². The van der Waals surface area contributed by atoms with Crippen molar-refractivity contribution in [3.63, 3.8) is 0 Å². The lowest BCUT2D eigenvalue weighted by atomic mass is 10.1. The number of benzene rings is 2. The molecule has 0 unspecified atom stereocenters. The van der Waals surface area contributed by atoms with Crippen LogP contribution in [0.5, 0.6) is 5.75 Å². The fourth-order valence-corrected chi connectivity index (χ4v) is 2.20. The smallest absolute Gasteiger partial charge is 0.120 e. The first kappa shape index (κ1) is 13.2. The van der Waals surface area contributed by atoms with E-state index in [-0.39, 0.29) is 5.75 Å². The number of phenols is 1. The van der Waals surface area contributed by atoms with E-state index in [4.69, 9.17) is 0 Å². The molecule has 0 saturated heterocycles. The van der Waals surface area contributed by atoms with Gasteiger partial charge in [-0.2, -0.15) is 10.2 Å². The number of fused-ring (bicyclic) bond motifs is 1. The van der Waals surface area contributed by atoms with Gasteiger partial charge in [0.2, 0.25) is 0 Å². The molecule has 0 saturated carbocycles. The number of pyridine rings is 1. The van der Waals surface area contributed by atoms with Crippen LogP contribution in [0.15, 0.2) is 64.8 Å². The second-order valence-corrected chi connectivity index (χ2v) is 4.83. The molecule has 0 aliphatic rings. The van der Waals surface area contributed by atoms with Crippen LogP contribution in [0.2, 0.25) is 0 Å². The minimum Gasteiger partial charge on any atom is -0.508 e. The molecule has 0 bridgehead atoms. The third-order valence-electron chi connectivity index (χ3n) is 3.23. The van der Waals surface area contributed by atoms with Gasteiger partial charge in [-0.3, -0.25) is 4.98 Å². The monoisotopic (exact) mass is 277 g/mol. The van der Waals surface area contributed by atoms with Gasteiger partial charge in [-0.1, -0.05) is 36.4 Å². The van der Waals surface area contributed by atoms with E-state index in [9.17, 15) is 5.11 Å². The number of nitrogens with zero attached hydrogens (tertiary/aromatic N) is 3. The molecule has 3 aromatic rings. The third kappa shape index (κ3) is 2.89. The Morgan fingerprint density at radius 1 is 1.05 bits per heavy atom. The van der Waals surface area contributed by atoms with Gasteiger partial charge in [-0.05, 0) is 25.1 Å². The summed E-state index contributed by atoms with van der Waals surface area (Å²) in [5, 5.41) is 19.2. The van der Waals surface area contributed by atoms with Gasteiger partial charge in [0.05, 0.1) is 17.7 Å². The van der Waals surface area contributed by atoms with Crippen molar-refractivity contribution >= 4 is 16.6 Å². The van der Waals surface area contributed by atoms with E-state index in [1.807, 2.05) is 49.4 Å². The number of para-hydroxylation sites is 2. The van der Waals surface area contributed by atoms with E-state index in [0.29, 0.717) is 6.54 Å². The zero-order valence-electron chi connectivity index (χ0n) is 11.7. The van der Waals surface area contributed by atoms with Gasteiger partial charge in [0, 0.05) is 16.6 Å². The minimum atomic E-state index is 0.243. The molecule has 0 atom stereocenters. The lowest BCUT2D eigenvalue weighted by Crippen LogP contribution is -1.84. The summed E-state index contributed by atoms with van der Waals surface area (Å²) in [6.45, 7) is 2.29. The summed E-state index contributed by atoms with van der Waals surface area (Å²) < 4.78 is 0. The lowest BCUT2D eigenvalue weighted by Gasteiger charge is -2.03. The van der Waals surface area contributed by atoms with Crippen LogP contribution in [-0.4, -0.2) is 10.1 Å². The van der Waals surface area contributed by atoms with Gasteiger partial charge in [0.1, 0.15) is 5.75 Å². The molecule has 2 aromatic carbocycles. The first-order valence-electron chi connectivity index (χ1n) is 6.75. The number of hydrogen-bond acceptors (Lipinski definition) is 4. The molecular weight excluding hydrogens is 262 g/mol. The summed E-state index contributed by atoms with van der Waals surface area (Å²) in [5.74, 6) is 0.243. The van der Waals surface area contributed by atoms with Crippen molar-refractivity contribution in [3.8, 4) is 5.75 Å². The highest BCUT2D eigenvalue weighted by Crippen LogP contribution is 2.26. The van der Waals surface area contributed by atoms with Gasteiger partial charge in [-0.25, -0.2) is 0 Å². The maximum atomic E-state index is 9.71. The standard InChI is InChI=1S/C17H15N3O/c1-12-10-16(14-7-3-4-8-15(14)19-12)20-18-11-13-6-2-5-9-17(13)21/h2-10,21H,11H2,1H3. The Bertz CT molecular complexity index is 812. The second-order valence-electron chi connectivity index (χ2n) is 4.83. The Morgan fingerprint density at radius 2 is 1.81 bits per heavy atom. The zero-order valence-corrected chi connectivity index (χ0v) is 11.7. The van der Waals surface area contributed by atoms with E-state index in [0.717, 1.165) is 27.8 Å². The Labute approximate surface area is 122 Å². The lowest BCUT2D eigenvalue weighted by molar-refractivity contribution is 0.468. The summed E-state index contributed by atoms with van der Waals surface area (Å²) in [4.78, 5) is 4.47. The number of aryl methyl sites for hydroxylation is 1. The van der Waals surface area contributed by atoms with Crippen LogP contribution in [0.4, 0.5) is 5.69 Å². The van der Waals surface area contributed by atoms with Crippen molar-refractivity contribution in [2.75, 3.05) is 0 Å². The molecule has 4 heteroatoms. The normalized spacial score (nSPS) is 11.3. The van der Waals surface area contributed by atoms with Crippen LogP contribution in [0, 0.1) is 6.92 Å². The Morgan fingerprint density at radius 3 is 2.67 bits per heavy atom. The number of hydrogen-bond donors (Lipinski definition) is 1. The Kier molecular flexibility index (Phi) is 3.60. The average Bonchev–Trinajstić information content (AvgIpc) is 2.49. The molecule has 1 heterocycles. The predicted molar refractivity (Wildman–Crippen MR) is 82.8 cm³/mol. The van der Waals surface area contributed by atoms with Crippen molar-refractivity contribution in [2.24, 2.45) is 10.2 Å². The summed E-state index contributed by atoms with van der Waals surface area (Å²) in [7, 11) is 0. The van der Waals surface area contributed by atoms with E-state index >= 15 is 0 Å². The molecular formula is C17H15N3O. The SMILES string of the molecule is Cc1cc(N=NCc2ccccc2O)c2ccccc2n1. The van der Waals surface area contributed by atoms with Gasteiger partial charge in [0.15, 0.2) is 0 Å². The number of aromatic nitrogens is 1. The summed E-state index contributed by atoms with van der Waals surface area (Å²) in [6, 6.07) is 16.9. The largest absolute Gasteiger partial charge is 0.508 e. The zero-order chi connectivity index (χ0) is 14.7. The van der Waals surface area contributed by atoms with Crippen molar-refractivity contribution < 1.29 is 5.11 Å². The highest BCUT2D eigenvalue weighted by atomic mass is 16.3. The third-order valence-corrected chi connectivity index (χ3v) is 3.23. The molecule has 3 rings (SSSR count). The molecule has 0 aliphatic heterocycles. The fraction of sp³-hybridized carbons (Fsp3) is 0.118. The minimum absolute atomic E-state index is 0.243. The molecule has 0 fully saturated rings. The van der Waals surface area contributed by atoms with Crippen LogP contribution in [0.3, 0.4) is 0 Å². The molecule has 0 spiro atoms. The predicted octanol–water partition coefficient (Wildman–Crippen LogP) is 4.53. The van der Waals surface area contributed by atoms with E-state index in [1.54, 1.807) is 12.1 Å². The summed E-state index contributed by atoms with van der Waals surface area (Å²) >= 11 is 0. The maximum absolute atomic E-state index is 9.71. The van der Waals surface area contributed by atoms with Crippen LogP contribution in [-0.2, 0) is 6.54 Å². The molecule has 4 nitrogen and oxygen atoms in total. The summed E-state index contributed by atoms with van der Waals surface area (Å²) in [6.07, 6.45) is 0. The van der Waals surface area contributed by atoms with E-state index in [2.05, 4.69) is 15.2 Å². The maximum Gasteiger partial charge on any atom is 0.120 e. The second kappa shape index (κ2) is 5.71. The number of phenolic OH excluding ortho intramolecular Hbond substituents is 1. The molecule has 21 heavy (non-hydrogen) atoms. The molecule has 0 radical (unpaired) electrons. The van der Waals surface area contributed by atoms with Crippen LogP contribution < -0.4 is 0 Å². The van der Waals surface area contributed by atoms with Crippen molar-refractivity contribution in [3.05, 3.63) is 65.9 Å². The molecule has 0 aliphatic carbocycles. The van der Waals surface area contributed by atoms with Gasteiger partial charge < -0.3 is 5.11 Å². The quantitative estimate of drug-likeness (QED) is 0.715. The van der Waals surface area contributed by atoms with Gasteiger partial charge in [0.25, 0.3) is 0 Å². The molecule has 0 amide bonds. The number of azo groups is 1. The highest BCUT2D eigenvalue weighted by molar-refractivity contribution is 5.89. The van der Waals surface area contributed by atoms with Gasteiger partial charge in [-0.15, -0.1) is 0 Å². The van der Waals surface area contributed by atoms with Crippen LogP contribution in [0.1, 0.15) is 11.3 Å². The highest BCUT2D eigenvalue weighted by Gasteiger charge is 2.03. The fourth-order valence-electron chi connectivity index (χ4n) is 2.20. The molecule has 1 aromatic heterocycles. The Balaban J connectivity index is 1.91. The first-order chi connectivity index (χ1) is 10.2. The topological polar surface area (TPSA) is 57.8 Å². The first-order valence-corrected chi connectivity index (χ1v) is 6.75. The molecule has 104 valence electrons. The van der Waals surface area contributed by atoms with Crippen molar-refractivity contribution in [1.29, 1.82) is 0 Å². The van der Waals surface area contributed by atoms with E-state index < -0.39 is 0 Å². The number of aromatic hydroxyl groups is 1. The van der Waals surface area contributed by atoms with Crippen molar-refractivity contribution in [2.45, 2.75) is 13.5 Å².